The van der Waals surface area contributed by atoms with E-state index in [-0.39, 0.29) is 18.5 Å². The Hall–Kier alpha value is -2.93. The summed E-state index contributed by atoms with van der Waals surface area (Å²) in [6, 6.07) is 10.7. The van der Waals surface area contributed by atoms with Crippen LogP contribution in [-0.4, -0.2) is 44.3 Å². The number of amides is 1. The molecule has 0 aliphatic carbocycles. The summed E-state index contributed by atoms with van der Waals surface area (Å²) >= 11 is 0. The van der Waals surface area contributed by atoms with Crippen molar-refractivity contribution >= 4 is 11.9 Å². The lowest BCUT2D eigenvalue weighted by atomic mass is 10.2. The minimum atomic E-state index is -0.332. The molecule has 0 spiro atoms. The van der Waals surface area contributed by atoms with E-state index in [1.807, 2.05) is 12.1 Å². The predicted molar refractivity (Wildman–Crippen MR) is 93.7 cm³/mol. The van der Waals surface area contributed by atoms with Crippen LogP contribution in [0.3, 0.4) is 0 Å². The maximum absolute atomic E-state index is 12.4. The quantitative estimate of drug-likeness (QED) is 0.473. The van der Waals surface area contributed by atoms with Crippen molar-refractivity contribution in [2.45, 2.75) is 6.54 Å². The number of ether oxygens (including phenoxy) is 3. The van der Waals surface area contributed by atoms with Gasteiger partial charge in [-0.25, -0.2) is 4.99 Å². The number of methoxy groups -OCH3 is 2. The molecule has 0 radical (unpaired) electrons. The number of pyridine rings is 1. The Morgan fingerprint density at radius 3 is 2.80 bits per heavy atom. The molecule has 1 amide bonds. The largest absolute Gasteiger partial charge is 0.497 e. The van der Waals surface area contributed by atoms with Gasteiger partial charge in [0.05, 0.1) is 20.3 Å². The van der Waals surface area contributed by atoms with E-state index in [1.165, 1.54) is 0 Å². The van der Waals surface area contributed by atoms with Gasteiger partial charge in [-0.2, -0.15) is 0 Å². The molecule has 7 nitrogen and oxygen atoms in total. The van der Waals surface area contributed by atoms with E-state index in [1.54, 1.807) is 50.9 Å². The van der Waals surface area contributed by atoms with Gasteiger partial charge in [0.1, 0.15) is 12.4 Å². The lowest BCUT2D eigenvalue weighted by Crippen LogP contribution is -2.33. The van der Waals surface area contributed by atoms with Crippen LogP contribution in [-0.2, 0) is 16.0 Å². The zero-order valence-corrected chi connectivity index (χ0v) is 14.3. The second-order valence-electron chi connectivity index (χ2n) is 5.01. The third kappa shape index (κ3) is 6.23. The van der Waals surface area contributed by atoms with Gasteiger partial charge < -0.3 is 14.2 Å². The zero-order valence-electron chi connectivity index (χ0n) is 14.3. The van der Waals surface area contributed by atoms with Crippen LogP contribution in [0.5, 0.6) is 5.75 Å². The summed E-state index contributed by atoms with van der Waals surface area (Å²) in [5, 5.41) is 2.67. The van der Waals surface area contributed by atoms with Crippen molar-refractivity contribution in [1.29, 1.82) is 0 Å². The maximum atomic E-state index is 12.4. The molecule has 0 unspecified atom stereocenters. The fourth-order valence-corrected chi connectivity index (χ4v) is 1.93. The number of aliphatic imine (C=N–C) groups is 1. The van der Waals surface area contributed by atoms with Crippen LogP contribution in [0.15, 0.2) is 53.8 Å². The number of aromatic nitrogens is 1. The number of nitrogens with one attached hydrogen (secondary N) is 1. The van der Waals surface area contributed by atoms with E-state index >= 15 is 0 Å². The SMILES string of the molecule is COCCOC(=NCc1cccnc1)NC(=O)c1cccc(OC)c1. The molecule has 0 aliphatic heterocycles. The Morgan fingerprint density at radius 2 is 2.08 bits per heavy atom. The van der Waals surface area contributed by atoms with Gasteiger partial charge in [0.25, 0.3) is 11.9 Å². The summed E-state index contributed by atoms with van der Waals surface area (Å²) in [5.74, 6) is 0.267. The molecule has 2 aromatic rings. The first kappa shape index (κ1) is 18.4. The first-order chi connectivity index (χ1) is 12.2. The van der Waals surface area contributed by atoms with Gasteiger partial charge in [-0.15, -0.1) is 0 Å². The van der Waals surface area contributed by atoms with Crippen molar-refractivity contribution in [1.82, 2.24) is 10.3 Å². The van der Waals surface area contributed by atoms with Crippen molar-refractivity contribution in [3.63, 3.8) is 0 Å². The van der Waals surface area contributed by atoms with Gasteiger partial charge in [0.15, 0.2) is 0 Å². The highest BCUT2D eigenvalue weighted by Crippen LogP contribution is 2.12. The third-order valence-electron chi connectivity index (χ3n) is 3.21. The molecule has 0 fully saturated rings. The lowest BCUT2D eigenvalue weighted by Gasteiger charge is -2.11. The molecule has 0 aliphatic rings. The number of carbonyl (C=O) groups is 1. The first-order valence-electron chi connectivity index (χ1n) is 7.73. The Balaban J connectivity index is 2.07. The molecule has 0 saturated carbocycles. The van der Waals surface area contributed by atoms with Crippen molar-refractivity contribution in [3.8, 4) is 5.75 Å². The molecule has 0 bridgehead atoms. The topological polar surface area (TPSA) is 82.0 Å². The average molecular weight is 343 g/mol. The first-order valence-corrected chi connectivity index (χ1v) is 7.73. The van der Waals surface area contributed by atoms with E-state index in [0.717, 1.165) is 5.56 Å². The zero-order chi connectivity index (χ0) is 17.9. The molecule has 0 atom stereocenters. The number of hydrogen-bond acceptors (Lipinski definition) is 6. The summed E-state index contributed by atoms with van der Waals surface area (Å²) in [6.07, 6.45) is 3.40. The van der Waals surface area contributed by atoms with Gasteiger partial charge in [0, 0.05) is 25.1 Å². The standard InChI is InChI=1S/C18H21N3O4/c1-23-9-10-25-18(20-13-14-5-4-8-19-12-14)21-17(22)15-6-3-7-16(11-15)24-2/h3-8,11-12H,9-10,13H2,1-2H3,(H,20,21,22). The molecule has 1 aromatic carbocycles. The highest BCUT2D eigenvalue weighted by atomic mass is 16.5. The fourth-order valence-electron chi connectivity index (χ4n) is 1.93. The molecule has 7 heteroatoms. The lowest BCUT2D eigenvalue weighted by molar-refractivity contribution is 0.0953. The molecular formula is C18H21N3O4. The van der Waals surface area contributed by atoms with Gasteiger partial charge in [-0.05, 0) is 29.8 Å². The third-order valence-corrected chi connectivity index (χ3v) is 3.21. The van der Waals surface area contributed by atoms with Crippen LogP contribution in [0, 0.1) is 0 Å². The van der Waals surface area contributed by atoms with E-state index in [2.05, 4.69) is 15.3 Å². The van der Waals surface area contributed by atoms with Crippen LogP contribution >= 0.6 is 0 Å². The maximum Gasteiger partial charge on any atom is 0.292 e. The number of amidine groups is 1. The van der Waals surface area contributed by atoms with E-state index in [4.69, 9.17) is 14.2 Å². The van der Waals surface area contributed by atoms with Gasteiger partial charge in [-0.1, -0.05) is 12.1 Å². The Bertz CT molecular complexity index is 704. The van der Waals surface area contributed by atoms with Crippen LogP contribution in [0.2, 0.25) is 0 Å². The van der Waals surface area contributed by atoms with E-state index in [9.17, 15) is 4.79 Å². The van der Waals surface area contributed by atoms with E-state index in [0.29, 0.717) is 24.5 Å². The number of nitrogens with zero attached hydrogens (tertiary/aromatic N) is 2. The smallest absolute Gasteiger partial charge is 0.292 e. The van der Waals surface area contributed by atoms with Crippen molar-refractivity contribution < 1.29 is 19.0 Å². The summed E-state index contributed by atoms with van der Waals surface area (Å²) in [6.45, 7) is 1.01. The number of rotatable bonds is 7. The molecule has 1 N–H and O–H groups in total. The Morgan fingerprint density at radius 1 is 1.20 bits per heavy atom. The Kier molecular flexibility index (Phi) is 7.40. The fraction of sp³-hybridized carbons (Fsp3) is 0.278. The van der Waals surface area contributed by atoms with Crippen LogP contribution in [0.4, 0.5) is 0 Å². The number of benzene rings is 1. The molecule has 1 aromatic heterocycles. The predicted octanol–water partition coefficient (Wildman–Crippen LogP) is 2.04. The monoisotopic (exact) mass is 343 g/mol. The normalized spacial score (nSPS) is 11.0. The number of hydrogen-bond donors (Lipinski definition) is 1. The van der Waals surface area contributed by atoms with Crippen LogP contribution < -0.4 is 10.1 Å². The highest BCUT2D eigenvalue weighted by molar-refractivity contribution is 6.04. The minimum Gasteiger partial charge on any atom is -0.497 e. The summed E-state index contributed by atoms with van der Waals surface area (Å²) in [4.78, 5) is 20.7. The van der Waals surface area contributed by atoms with Gasteiger partial charge in [-0.3, -0.25) is 15.1 Å². The number of carbonyl (C=O) groups excluding carboxylic acids is 1. The molecule has 25 heavy (non-hydrogen) atoms. The average Bonchev–Trinajstić information content (AvgIpc) is 2.67. The molecule has 0 saturated heterocycles. The van der Waals surface area contributed by atoms with Gasteiger partial charge >= 0.3 is 0 Å². The minimum absolute atomic E-state index is 0.133. The van der Waals surface area contributed by atoms with Crippen LogP contribution in [0.25, 0.3) is 0 Å². The molecule has 132 valence electrons. The van der Waals surface area contributed by atoms with Gasteiger partial charge in [0.2, 0.25) is 0 Å². The molecule has 2 rings (SSSR count). The summed E-state index contributed by atoms with van der Waals surface area (Å²) < 4.78 is 15.6. The second-order valence-corrected chi connectivity index (χ2v) is 5.01. The summed E-state index contributed by atoms with van der Waals surface area (Å²) in [7, 11) is 3.12. The van der Waals surface area contributed by atoms with Crippen molar-refractivity contribution in [2.75, 3.05) is 27.4 Å². The molecular weight excluding hydrogens is 322 g/mol. The molecule has 1 heterocycles. The van der Waals surface area contributed by atoms with Crippen molar-refractivity contribution in [2.24, 2.45) is 4.99 Å². The van der Waals surface area contributed by atoms with Crippen molar-refractivity contribution in [3.05, 3.63) is 59.9 Å². The van der Waals surface area contributed by atoms with Crippen LogP contribution in [0.1, 0.15) is 15.9 Å². The second kappa shape index (κ2) is 10.0. The Labute approximate surface area is 146 Å². The highest BCUT2D eigenvalue weighted by Gasteiger charge is 2.11. The summed E-state index contributed by atoms with van der Waals surface area (Å²) in [5.41, 5.74) is 1.36. The van der Waals surface area contributed by atoms with E-state index < -0.39 is 0 Å².